The van der Waals surface area contributed by atoms with Crippen molar-refractivity contribution in [1.29, 1.82) is 0 Å². The fourth-order valence-electron chi connectivity index (χ4n) is 2.59. The molecule has 4 aromatic rings. The minimum absolute atomic E-state index is 0. The Morgan fingerprint density at radius 2 is 1.71 bits per heavy atom. The average Bonchev–Trinajstić information content (AvgIpc) is 2.55. The van der Waals surface area contributed by atoms with Crippen molar-refractivity contribution in [3.63, 3.8) is 0 Å². The number of benzene rings is 2. The zero-order chi connectivity index (χ0) is 13.4. The van der Waals surface area contributed by atoms with E-state index >= 15 is 0 Å². The standard InChI is InChI=1S/C18H11N2.Ir/c1-2-4-13(5-3-1)18-17-7-6-14-12-19-10-8-15(14)16(17)9-11-20-18;/h1-4,6-12H;/q-1;. The molecule has 0 aliphatic heterocycles. The van der Waals surface area contributed by atoms with Crippen LogP contribution in [0.1, 0.15) is 0 Å². The smallest absolute Gasteiger partial charge is 0.0346 e. The van der Waals surface area contributed by atoms with Crippen molar-refractivity contribution in [1.82, 2.24) is 9.97 Å². The van der Waals surface area contributed by atoms with Gasteiger partial charge in [-0.3, -0.25) is 4.98 Å². The van der Waals surface area contributed by atoms with Crippen LogP contribution < -0.4 is 0 Å². The van der Waals surface area contributed by atoms with E-state index in [-0.39, 0.29) is 20.1 Å². The molecule has 3 heteroatoms. The van der Waals surface area contributed by atoms with Crippen LogP contribution in [0.2, 0.25) is 0 Å². The van der Waals surface area contributed by atoms with Crippen molar-refractivity contribution < 1.29 is 20.1 Å². The van der Waals surface area contributed by atoms with Crippen molar-refractivity contribution in [2.24, 2.45) is 0 Å². The molecule has 2 aromatic carbocycles. The van der Waals surface area contributed by atoms with Crippen LogP contribution >= 0.6 is 0 Å². The van der Waals surface area contributed by atoms with Gasteiger partial charge in [0.2, 0.25) is 0 Å². The molecular weight excluding hydrogens is 436 g/mol. The Hall–Kier alpha value is -2.09. The fraction of sp³-hybridized carbons (Fsp3) is 0. The van der Waals surface area contributed by atoms with Crippen molar-refractivity contribution in [2.45, 2.75) is 0 Å². The Balaban J connectivity index is 0.00000132. The zero-order valence-electron chi connectivity index (χ0n) is 11.1. The molecule has 103 valence electrons. The van der Waals surface area contributed by atoms with E-state index in [0.717, 1.165) is 22.0 Å². The molecule has 0 aliphatic rings. The number of hydrogen-bond acceptors (Lipinski definition) is 2. The Labute approximate surface area is 136 Å². The van der Waals surface area contributed by atoms with E-state index < -0.39 is 0 Å². The van der Waals surface area contributed by atoms with Gasteiger partial charge in [0, 0.05) is 44.1 Å². The average molecular weight is 448 g/mol. The van der Waals surface area contributed by atoms with E-state index in [4.69, 9.17) is 0 Å². The summed E-state index contributed by atoms with van der Waals surface area (Å²) in [7, 11) is 0. The van der Waals surface area contributed by atoms with Crippen LogP contribution in [-0.2, 0) is 20.1 Å². The van der Waals surface area contributed by atoms with Crippen LogP contribution in [0.25, 0.3) is 32.8 Å². The molecular formula is C18H11IrN2-. The van der Waals surface area contributed by atoms with Gasteiger partial charge in [0.15, 0.2) is 0 Å². The molecule has 21 heavy (non-hydrogen) atoms. The zero-order valence-corrected chi connectivity index (χ0v) is 13.5. The first kappa shape index (κ1) is 13.9. The van der Waals surface area contributed by atoms with Crippen LogP contribution in [-0.4, -0.2) is 9.97 Å². The van der Waals surface area contributed by atoms with Crippen molar-refractivity contribution in [3.8, 4) is 11.3 Å². The SMILES string of the molecule is [Ir].[c-]1ccccc1-c1nccc2c1ccc1cnccc12. The van der Waals surface area contributed by atoms with Crippen LogP contribution in [0.5, 0.6) is 0 Å². The number of fused-ring (bicyclic) bond motifs is 3. The molecule has 2 heterocycles. The number of aromatic nitrogens is 2. The molecule has 0 fully saturated rings. The maximum atomic E-state index is 4.54. The van der Waals surface area contributed by atoms with Crippen molar-refractivity contribution in [3.05, 3.63) is 73.2 Å². The van der Waals surface area contributed by atoms with Crippen LogP contribution in [0.15, 0.2) is 67.1 Å². The molecule has 0 N–H and O–H groups in total. The second-order valence-electron chi connectivity index (χ2n) is 4.69. The summed E-state index contributed by atoms with van der Waals surface area (Å²) in [4.78, 5) is 8.72. The van der Waals surface area contributed by atoms with Gasteiger partial charge in [-0.15, -0.1) is 35.9 Å². The molecule has 2 aromatic heterocycles. The summed E-state index contributed by atoms with van der Waals surface area (Å²) >= 11 is 0. The van der Waals surface area contributed by atoms with E-state index in [2.05, 4.69) is 40.3 Å². The van der Waals surface area contributed by atoms with Crippen LogP contribution in [0.4, 0.5) is 0 Å². The minimum Gasteiger partial charge on any atom is -0.304 e. The van der Waals surface area contributed by atoms with Crippen LogP contribution in [0.3, 0.4) is 0 Å². The molecule has 0 spiro atoms. The third kappa shape index (κ3) is 2.35. The molecule has 0 aliphatic carbocycles. The van der Waals surface area contributed by atoms with Crippen molar-refractivity contribution >= 4 is 21.5 Å². The summed E-state index contributed by atoms with van der Waals surface area (Å²) in [5, 5.41) is 4.70. The summed E-state index contributed by atoms with van der Waals surface area (Å²) in [5.74, 6) is 0. The van der Waals surface area contributed by atoms with Gasteiger partial charge in [-0.25, -0.2) is 0 Å². The van der Waals surface area contributed by atoms with Gasteiger partial charge in [-0.1, -0.05) is 12.1 Å². The number of rotatable bonds is 1. The quantitative estimate of drug-likeness (QED) is 0.322. The summed E-state index contributed by atoms with van der Waals surface area (Å²) in [6.07, 6.45) is 5.58. The maximum Gasteiger partial charge on any atom is 0.0346 e. The first-order valence-electron chi connectivity index (χ1n) is 6.52. The van der Waals surface area contributed by atoms with E-state index in [1.807, 2.05) is 42.9 Å². The minimum atomic E-state index is 0. The summed E-state index contributed by atoms with van der Waals surface area (Å²) in [5.41, 5.74) is 1.99. The molecule has 1 radical (unpaired) electrons. The molecule has 0 amide bonds. The molecule has 0 saturated carbocycles. The first-order chi connectivity index (χ1) is 9.93. The van der Waals surface area contributed by atoms with Gasteiger partial charge in [0.25, 0.3) is 0 Å². The summed E-state index contributed by atoms with van der Waals surface area (Å²) in [6.45, 7) is 0. The predicted molar refractivity (Wildman–Crippen MR) is 81.3 cm³/mol. The number of nitrogens with zero attached hydrogens (tertiary/aromatic N) is 2. The molecule has 4 rings (SSSR count). The largest absolute Gasteiger partial charge is 0.304 e. The maximum absolute atomic E-state index is 4.54. The Morgan fingerprint density at radius 1 is 0.810 bits per heavy atom. The van der Waals surface area contributed by atoms with Crippen LogP contribution in [0, 0.1) is 6.07 Å². The Kier molecular flexibility index (Phi) is 3.78. The second-order valence-corrected chi connectivity index (χ2v) is 4.69. The van der Waals surface area contributed by atoms with E-state index in [9.17, 15) is 0 Å². The van der Waals surface area contributed by atoms with Crippen molar-refractivity contribution in [2.75, 3.05) is 0 Å². The van der Waals surface area contributed by atoms with Gasteiger partial charge >= 0.3 is 0 Å². The van der Waals surface area contributed by atoms with Gasteiger partial charge < -0.3 is 4.98 Å². The fourth-order valence-corrected chi connectivity index (χ4v) is 2.59. The molecule has 0 atom stereocenters. The first-order valence-corrected chi connectivity index (χ1v) is 6.52. The van der Waals surface area contributed by atoms with Gasteiger partial charge in [0.05, 0.1) is 0 Å². The van der Waals surface area contributed by atoms with E-state index in [1.165, 1.54) is 10.8 Å². The summed E-state index contributed by atoms with van der Waals surface area (Å²) in [6, 6.07) is 19.5. The molecule has 0 saturated heterocycles. The van der Waals surface area contributed by atoms with Gasteiger partial charge in [0.1, 0.15) is 0 Å². The topological polar surface area (TPSA) is 25.8 Å². The number of hydrogen-bond donors (Lipinski definition) is 0. The molecule has 0 bridgehead atoms. The van der Waals surface area contributed by atoms with E-state index in [1.54, 1.807) is 0 Å². The van der Waals surface area contributed by atoms with E-state index in [0.29, 0.717) is 0 Å². The third-order valence-corrected chi connectivity index (χ3v) is 3.53. The molecule has 2 nitrogen and oxygen atoms in total. The summed E-state index contributed by atoms with van der Waals surface area (Å²) < 4.78 is 0. The Bertz CT molecular complexity index is 904. The van der Waals surface area contributed by atoms with Gasteiger partial charge in [-0.05, 0) is 34.0 Å². The Morgan fingerprint density at radius 3 is 2.57 bits per heavy atom. The predicted octanol–water partition coefficient (Wildman–Crippen LogP) is 4.25. The normalized spacial score (nSPS) is 10.5. The number of pyridine rings is 2. The third-order valence-electron chi connectivity index (χ3n) is 3.53. The molecule has 0 unspecified atom stereocenters. The second kappa shape index (κ2) is 5.72. The monoisotopic (exact) mass is 448 g/mol. The van der Waals surface area contributed by atoms with Gasteiger partial charge in [-0.2, -0.15) is 0 Å².